The number of hydrogen-bond donors (Lipinski definition) is 3. The summed E-state index contributed by atoms with van der Waals surface area (Å²) in [7, 11) is 1.70. The number of aliphatic hydroxyl groups is 2. The molecule has 17 unspecified atom stereocenters. The monoisotopic (exact) mass is 753 g/mol. The summed E-state index contributed by atoms with van der Waals surface area (Å²) in [6.07, 6.45) is 5.77. The number of ether oxygens (including phenoxy) is 6. The van der Waals surface area contributed by atoms with Gasteiger partial charge in [-0.25, -0.2) is 0 Å². The smallest absolute Gasteiger partial charge is 0.309 e. The van der Waals surface area contributed by atoms with E-state index in [1.54, 1.807) is 7.11 Å². The molecule has 0 aromatic rings. The van der Waals surface area contributed by atoms with Crippen LogP contribution in [0.5, 0.6) is 0 Å². The van der Waals surface area contributed by atoms with Gasteiger partial charge in [0.25, 0.3) is 0 Å². The fourth-order valence-corrected chi connectivity index (χ4v) is 10.8. The van der Waals surface area contributed by atoms with Crippen LogP contribution in [0.25, 0.3) is 0 Å². The van der Waals surface area contributed by atoms with E-state index in [2.05, 4.69) is 20.8 Å². The van der Waals surface area contributed by atoms with Crippen LogP contribution < -0.4 is 0 Å². The van der Waals surface area contributed by atoms with Gasteiger partial charge in [-0.05, 0) is 90.4 Å². The number of carboxylic acid groups (broad SMARTS) is 1. The van der Waals surface area contributed by atoms with Gasteiger partial charge in [-0.3, -0.25) is 9.59 Å². The summed E-state index contributed by atoms with van der Waals surface area (Å²) in [5.41, 5.74) is -1.48. The molecule has 5 heterocycles. The molecule has 0 aromatic heterocycles. The Hall–Kier alpha value is -1.18. The van der Waals surface area contributed by atoms with Gasteiger partial charge in [-0.1, -0.05) is 48.5 Å². The predicted molar refractivity (Wildman–Crippen MR) is 199 cm³/mol. The average Bonchev–Trinajstić information content (AvgIpc) is 3.47. The van der Waals surface area contributed by atoms with Gasteiger partial charge in [0.05, 0.1) is 53.7 Å². The topological polar surface area (TPSA) is 150 Å². The Morgan fingerprint density at radius 3 is 2.15 bits per heavy atom. The number of hydrogen-bond acceptors (Lipinski definition) is 10. The van der Waals surface area contributed by atoms with Crippen LogP contribution in [0.2, 0.25) is 0 Å². The third kappa shape index (κ3) is 8.16. The van der Waals surface area contributed by atoms with E-state index in [0.29, 0.717) is 64.2 Å². The average molecular weight is 753 g/mol. The first-order valence-corrected chi connectivity index (χ1v) is 21.0. The van der Waals surface area contributed by atoms with Crippen LogP contribution in [0.3, 0.4) is 0 Å². The Morgan fingerprint density at radius 1 is 0.868 bits per heavy atom. The quantitative estimate of drug-likeness (QED) is 0.182. The van der Waals surface area contributed by atoms with E-state index < -0.39 is 64.8 Å². The van der Waals surface area contributed by atoms with Crippen molar-refractivity contribution in [3.63, 3.8) is 0 Å². The number of aliphatic carboxylic acids is 1. The van der Waals surface area contributed by atoms with Gasteiger partial charge in [0, 0.05) is 43.6 Å². The third-order valence-electron chi connectivity index (χ3n) is 14.7. The molecule has 0 bridgehead atoms. The standard InChI is InChI=1S/C42H72O11/c1-11-29(38(45)46)32-16-14-15-31(50-32)26(6)35(43)27(7)36(44)30(12-2)37-24(4)23-25(5)41(51-37)20-18-34(48-10)42(53-41)22-21-39(9,52-42)33-17-19-40(47,13-3)28(8)49-33/h24-35,37,43,47H,11-23H2,1-10H3,(H,45,46). The first-order chi connectivity index (χ1) is 24.9. The highest BCUT2D eigenvalue weighted by atomic mass is 16.8. The summed E-state index contributed by atoms with van der Waals surface area (Å²) in [5.74, 6) is -4.83. The minimum Gasteiger partial charge on any atom is -0.481 e. The van der Waals surface area contributed by atoms with E-state index in [4.69, 9.17) is 28.4 Å². The maximum Gasteiger partial charge on any atom is 0.309 e. The highest BCUT2D eigenvalue weighted by Gasteiger charge is 2.65. The third-order valence-corrected chi connectivity index (χ3v) is 14.7. The molecule has 5 fully saturated rings. The van der Waals surface area contributed by atoms with Crippen molar-refractivity contribution < 1.29 is 53.3 Å². The molecule has 5 saturated heterocycles. The summed E-state index contributed by atoms with van der Waals surface area (Å²) in [6, 6.07) is 0. The van der Waals surface area contributed by atoms with Gasteiger partial charge in [0.15, 0.2) is 11.6 Å². The second-order valence-electron chi connectivity index (χ2n) is 17.9. The number of ketones is 1. The van der Waals surface area contributed by atoms with E-state index in [-0.39, 0.29) is 48.0 Å². The number of Topliss-reactive ketones (excluding diaryl/α,β-unsaturated/α-hetero) is 1. The zero-order valence-electron chi connectivity index (χ0n) is 34.3. The van der Waals surface area contributed by atoms with Crippen molar-refractivity contribution in [1.29, 1.82) is 0 Å². The molecule has 11 nitrogen and oxygen atoms in total. The number of aliphatic hydroxyl groups excluding tert-OH is 1. The first-order valence-electron chi connectivity index (χ1n) is 21.0. The molecular weight excluding hydrogens is 680 g/mol. The molecule has 306 valence electrons. The molecule has 11 heteroatoms. The summed E-state index contributed by atoms with van der Waals surface area (Å²) in [6.45, 7) is 17.9. The van der Waals surface area contributed by atoms with Crippen LogP contribution in [0, 0.1) is 35.5 Å². The van der Waals surface area contributed by atoms with Gasteiger partial charge in [-0.15, -0.1) is 0 Å². The molecule has 17 atom stereocenters. The van der Waals surface area contributed by atoms with E-state index in [0.717, 1.165) is 19.3 Å². The molecule has 5 aliphatic rings. The Bertz CT molecular complexity index is 1260. The molecule has 5 aliphatic heterocycles. The van der Waals surface area contributed by atoms with Gasteiger partial charge in [0.2, 0.25) is 0 Å². The highest BCUT2D eigenvalue weighted by Crippen LogP contribution is 2.56. The Labute approximate surface area is 318 Å². The van der Waals surface area contributed by atoms with Crippen LogP contribution in [-0.4, -0.2) is 99.7 Å². The number of carbonyl (C=O) groups is 2. The lowest BCUT2D eigenvalue weighted by Gasteiger charge is -2.57. The normalized spacial score (nSPS) is 45.1. The lowest BCUT2D eigenvalue weighted by Crippen LogP contribution is -2.65. The minimum absolute atomic E-state index is 0.0293. The number of rotatable bonds is 13. The lowest BCUT2D eigenvalue weighted by molar-refractivity contribution is -0.443. The van der Waals surface area contributed by atoms with Gasteiger partial charge in [-0.2, -0.15) is 0 Å². The van der Waals surface area contributed by atoms with Crippen LogP contribution in [0.4, 0.5) is 0 Å². The van der Waals surface area contributed by atoms with E-state index in [1.165, 1.54) is 0 Å². The molecule has 0 radical (unpaired) electrons. The number of methoxy groups -OCH3 is 1. The second-order valence-corrected chi connectivity index (χ2v) is 17.9. The molecule has 53 heavy (non-hydrogen) atoms. The van der Waals surface area contributed by atoms with Crippen LogP contribution in [0.1, 0.15) is 146 Å². The van der Waals surface area contributed by atoms with E-state index in [1.807, 2.05) is 41.5 Å². The summed E-state index contributed by atoms with van der Waals surface area (Å²) in [4.78, 5) is 26.3. The fourth-order valence-electron chi connectivity index (χ4n) is 10.8. The fraction of sp³-hybridized carbons (Fsp3) is 0.952. The zero-order chi connectivity index (χ0) is 39.1. The maximum absolute atomic E-state index is 14.4. The SMILES string of the molecule is CCC(C(=O)O)C1CCCC(C(C)C(O)C(C)C(=O)C(CC)C2OC3(CCC(OC)C4(CCC(C)(C5CCC(O)(CC)C(C)O5)O4)O3)C(C)CC2C)O1. The molecule has 3 N–H and O–H groups in total. The van der Waals surface area contributed by atoms with Crippen molar-refractivity contribution in [2.45, 2.75) is 211 Å². The van der Waals surface area contributed by atoms with Crippen molar-refractivity contribution in [3.8, 4) is 0 Å². The van der Waals surface area contributed by atoms with Crippen LogP contribution >= 0.6 is 0 Å². The Balaban J connectivity index is 1.31. The van der Waals surface area contributed by atoms with Crippen LogP contribution in [-0.2, 0) is 38.0 Å². The Kier molecular flexibility index (Phi) is 13.6. The molecule has 0 aromatic carbocycles. The van der Waals surface area contributed by atoms with Crippen molar-refractivity contribution >= 4 is 11.8 Å². The maximum atomic E-state index is 14.4. The van der Waals surface area contributed by atoms with E-state index >= 15 is 0 Å². The molecule has 0 amide bonds. The van der Waals surface area contributed by atoms with Crippen LogP contribution in [0.15, 0.2) is 0 Å². The molecule has 0 saturated carbocycles. The molecular formula is C42H72O11. The number of carboxylic acids is 1. The minimum atomic E-state index is -1.05. The van der Waals surface area contributed by atoms with Crippen molar-refractivity contribution in [3.05, 3.63) is 0 Å². The van der Waals surface area contributed by atoms with E-state index in [9.17, 15) is 24.9 Å². The largest absolute Gasteiger partial charge is 0.481 e. The predicted octanol–water partition coefficient (Wildman–Crippen LogP) is 6.82. The van der Waals surface area contributed by atoms with Gasteiger partial charge < -0.3 is 43.7 Å². The van der Waals surface area contributed by atoms with Crippen molar-refractivity contribution in [2.24, 2.45) is 35.5 Å². The number of carbonyl (C=O) groups excluding carboxylic acids is 1. The second kappa shape index (κ2) is 16.7. The zero-order valence-corrected chi connectivity index (χ0v) is 34.3. The summed E-state index contributed by atoms with van der Waals surface area (Å²) in [5, 5.41) is 32.5. The molecule has 2 spiro atoms. The molecule has 5 rings (SSSR count). The lowest BCUT2D eigenvalue weighted by atomic mass is 9.72. The molecule has 0 aliphatic carbocycles. The van der Waals surface area contributed by atoms with Gasteiger partial charge >= 0.3 is 5.97 Å². The Morgan fingerprint density at radius 2 is 1.55 bits per heavy atom. The first kappa shape index (κ1) is 43.0. The summed E-state index contributed by atoms with van der Waals surface area (Å²) >= 11 is 0. The van der Waals surface area contributed by atoms with Crippen molar-refractivity contribution in [1.82, 2.24) is 0 Å². The van der Waals surface area contributed by atoms with Crippen molar-refractivity contribution in [2.75, 3.05) is 7.11 Å². The highest BCUT2D eigenvalue weighted by molar-refractivity contribution is 5.84. The summed E-state index contributed by atoms with van der Waals surface area (Å²) < 4.78 is 40.3. The van der Waals surface area contributed by atoms with Gasteiger partial charge in [0.1, 0.15) is 11.9 Å².